The summed E-state index contributed by atoms with van der Waals surface area (Å²) in [6, 6.07) is 4.51. The molecule has 3 heteroatoms. The van der Waals surface area contributed by atoms with E-state index in [1.54, 1.807) is 17.8 Å². The SMILES string of the molecule is CC(C)CCSc1cc(F)ccc1N. The van der Waals surface area contributed by atoms with Gasteiger partial charge in [-0.25, -0.2) is 4.39 Å². The topological polar surface area (TPSA) is 26.0 Å². The Morgan fingerprint density at radius 2 is 2.14 bits per heavy atom. The van der Waals surface area contributed by atoms with E-state index < -0.39 is 0 Å². The third-order valence-corrected chi connectivity index (χ3v) is 3.03. The van der Waals surface area contributed by atoms with Gasteiger partial charge in [0.05, 0.1) is 0 Å². The van der Waals surface area contributed by atoms with E-state index in [1.165, 1.54) is 12.1 Å². The molecular weight excluding hydrogens is 197 g/mol. The molecule has 1 rings (SSSR count). The third-order valence-electron chi connectivity index (χ3n) is 1.93. The zero-order chi connectivity index (χ0) is 10.6. The van der Waals surface area contributed by atoms with Gasteiger partial charge in [-0.3, -0.25) is 0 Å². The van der Waals surface area contributed by atoms with Gasteiger partial charge in [0.15, 0.2) is 0 Å². The third kappa shape index (κ3) is 3.58. The lowest BCUT2D eigenvalue weighted by Gasteiger charge is -2.06. The highest BCUT2D eigenvalue weighted by molar-refractivity contribution is 7.99. The molecule has 0 fully saturated rings. The summed E-state index contributed by atoms with van der Waals surface area (Å²) in [7, 11) is 0. The highest BCUT2D eigenvalue weighted by atomic mass is 32.2. The number of halogens is 1. The largest absolute Gasteiger partial charge is 0.398 e. The highest BCUT2D eigenvalue weighted by Gasteiger charge is 2.02. The second-order valence-electron chi connectivity index (χ2n) is 3.71. The quantitative estimate of drug-likeness (QED) is 0.611. The monoisotopic (exact) mass is 213 g/mol. The molecule has 1 aromatic rings. The summed E-state index contributed by atoms with van der Waals surface area (Å²) < 4.78 is 12.9. The fraction of sp³-hybridized carbons (Fsp3) is 0.455. The van der Waals surface area contributed by atoms with Crippen LogP contribution in [0.25, 0.3) is 0 Å². The Morgan fingerprint density at radius 1 is 1.43 bits per heavy atom. The molecular formula is C11H16FNS. The van der Waals surface area contributed by atoms with Gasteiger partial charge in [-0.15, -0.1) is 11.8 Å². The van der Waals surface area contributed by atoms with Crippen LogP contribution in [0.15, 0.2) is 23.1 Å². The number of nitrogens with two attached hydrogens (primary N) is 1. The van der Waals surface area contributed by atoms with Gasteiger partial charge in [0.2, 0.25) is 0 Å². The summed E-state index contributed by atoms with van der Waals surface area (Å²) in [5.41, 5.74) is 6.39. The molecule has 0 aromatic heterocycles. The van der Waals surface area contributed by atoms with E-state index in [1.807, 2.05) is 0 Å². The lowest BCUT2D eigenvalue weighted by atomic mass is 10.2. The van der Waals surface area contributed by atoms with Crippen LogP contribution < -0.4 is 5.73 Å². The van der Waals surface area contributed by atoms with Gasteiger partial charge in [0.25, 0.3) is 0 Å². The number of hydrogen-bond acceptors (Lipinski definition) is 2. The van der Waals surface area contributed by atoms with Crippen LogP contribution in [0.1, 0.15) is 20.3 Å². The molecule has 0 atom stereocenters. The predicted octanol–water partition coefficient (Wildman–Crippen LogP) is 3.55. The molecule has 14 heavy (non-hydrogen) atoms. The lowest BCUT2D eigenvalue weighted by Crippen LogP contribution is -1.93. The van der Waals surface area contributed by atoms with Gasteiger partial charge in [-0.05, 0) is 36.3 Å². The first-order chi connectivity index (χ1) is 6.59. The fourth-order valence-electron chi connectivity index (χ4n) is 1.04. The minimum Gasteiger partial charge on any atom is -0.398 e. The number of hydrogen-bond donors (Lipinski definition) is 1. The molecule has 0 bridgehead atoms. The van der Waals surface area contributed by atoms with E-state index in [0.717, 1.165) is 17.1 Å². The normalized spacial score (nSPS) is 10.9. The maximum absolute atomic E-state index is 12.9. The Bertz CT molecular complexity index is 299. The molecule has 0 saturated carbocycles. The zero-order valence-electron chi connectivity index (χ0n) is 8.59. The van der Waals surface area contributed by atoms with E-state index >= 15 is 0 Å². The molecule has 0 unspecified atom stereocenters. The molecule has 0 saturated heterocycles. The molecule has 0 amide bonds. The first-order valence-corrected chi connectivity index (χ1v) is 5.76. The first-order valence-electron chi connectivity index (χ1n) is 4.77. The molecule has 0 aliphatic carbocycles. The van der Waals surface area contributed by atoms with Crippen LogP contribution in [-0.2, 0) is 0 Å². The van der Waals surface area contributed by atoms with Crippen LogP contribution in [0.3, 0.4) is 0 Å². The van der Waals surface area contributed by atoms with Gasteiger partial charge in [0.1, 0.15) is 5.82 Å². The second kappa shape index (κ2) is 5.25. The highest BCUT2D eigenvalue weighted by Crippen LogP contribution is 2.26. The number of rotatable bonds is 4. The lowest BCUT2D eigenvalue weighted by molar-refractivity contribution is 0.624. The summed E-state index contributed by atoms with van der Waals surface area (Å²) in [6.45, 7) is 4.35. The zero-order valence-corrected chi connectivity index (χ0v) is 9.40. The fourth-order valence-corrected chi connectivity index (χ4v) is 2.28. The van der Waals surface area contributed by atoms with Crippen molar-refractivity contribution in [2.75, 3.05) is 11.5 Å². The molecule has 1 aromatic carbocycles. The Hall–Kier alpha value is -0.700. The van der Waals surface area contributed by atoms with Crippen molar-refractivity contribution >= 4 is 17.4 Å². The van der Waals surface area contributed by atoms with Crippen LogP contribution in [0.5, 0.6) is 0 Å². The maximum Gasteiger partial charge on any atom is 0.124 e. The molecule has 0 aliphatic rings. The molecule has 0 aliphatic heterocycles. The van der Waals surface area contributed by atoms with Gasteiger partial charge >= 0.3 is 0 Å². The molecule has 78 valence electrons. The molecule has 1 nitrogen and oxygen atoms in total. The van der Waals surface area contributed by atoms with Crippen molar-refractivity contribution in [1.82, 2.24) is 0 Å². The Labute approximate surface area is 88.9 Å². The summed E-state index contributed by atoms with van der Waals surface area (Å²) >= 11 is 1.62. The number of nitrogen functional groups attached to an aromatic ring is 1. The van der Waals surface area contributed by atoms with E-state index in [0.29, 0.717) is 11.6 Å². The van der Waals surface area contributed by atoms with E-state index in [-0.39, 0.29) is 5.82 Å². The van der Waals surface area contributed by atoms with E-state index in [9.17, 15) is 4.39 Å². The number of thioether (sulfide) groups is 1. The molecule has 2 N–H and O–H groups in total. The maximum atomic E-state index is 12.9. The van der Waals surface area contributed by atoms with E-state index in [2.05, 4.69) is 13.8 Å². The Kier molecular flexibility index (Phi) is 4.26. The van der Waals surface area contributed by atoms with Crippen LogP contribution in [0.4, 0.5) is 10.1 Å². The molecule has 0 spiro atoms. The first kappa shape index (κ1) is 11.4. The molecule has 0 heterocycles. The van der Waals surface area contributed by atoms with Crippen molar-refractivity contribution in [2.45, 2.75) is 25.2 Å². The Balaban J connectivity index is 2.53. The van der Waals surface area contributed by atoms with Crippen LogP contribution >= 0.6 is 11.8 Å². The average Bonchev–Trinajstić information content (AvgIpc) is 2.10. The second-order valence-corrected chi connectivity index (χ2v) is 4.85. The van der Waals surface area contributed by atoms with Crippen LogP contribution in [0, 0.1) is 11.7 Å². The van der Waals surface area contributed by atoms with Crippen LogP contribution in [0.2, 0.25) is 0 Å². The number of anilines is 1. The van der Waals surface area contributed by atoms with Crippen molar-refractivity contribution in [1.29, 1.82) is 0 Å². The van der Waals surface area contributed by atoms with E-state index in [4.69, 9.17) is 5.73 Å². The van der Waals surface area contributed by atoms with Gasteiger partial charge in [0, 0.05) is 10.6 Å². The van der Waals surface area contributed by atoms with Crippen molar-refractivity contribution in [2.24, 2.45) is 5.92 Å². The molecule has 0 radical (unpaired) electrons. The predicted molar refractivity (Wildman–Crippen MR) is 61.0 cm³/mol. The summed E-state index contributed by atoms with van der Waals surface area (Å²) in [5, 5.41) is 0. The minimum atomic E-state index is -0.216. The standard InChI is InChI=1S/C11H16FNS/c1-8(2)5-6-14-11-7-9(12)3-4-10(11)13/h3-4,7-8H,5-6,13H2,1-2H3. The van der Waals surface area contributed by atoms with Crippen molar-refractivity contribution in [3.63, 3.8) is 0 Å². The number of benzene rings is 1. The van der Waals surface area contributed by atoms with Crippen molar-refractivity contribution in [3.8, 4) is 0 Å². The van der Waals surface area contributed by atoms with Gasteiger partial charge < -0.3 is 5.73 Å². The minimum absolute atomic E-state index is 0.216. The van der Waals surface area contributed by atoms with Gasteiger partial charge in [-0.2, -0.15) is 0 Å². The summed E-state index contributed by atoms with van der Waals surface area (Å²) in [5.74, 6) is 1.45. The van der Waals surface area contributed by atoms with Gasteiger partial charge in [-0.1, -0.05) is 13.8 Å². The van der Waals surface area contributed by atoms with Crippen molar-refractivity contribution in [3.05, 3.63) is 24.0 Å². The van der Waals surface area contributed by atoms with Crippen LogP contribution in [-0.4, -0.2) is 5.75 Å². The van der Waals surface area contributed by atoms with Crippen molar-refractivity contribution < 1.29 is 4.39 Å². The smallest absolute Gasteiger partial charge is 0.124 e. The summed E-state index contributed by atoms with van der Waals surface area (Å²) in [6.07, 6.45) is 1.13. The summed E-state index contributed by atoms with van der Waals surface area (Å²) in [4.78, 5) is 0.852. The average molecular weight is 213 g/mol. The Morgan fingerprint density at radius 3 is 2.79 bits per heavy atom.